The van der Waals surface area contributed by atoms with E-state index in [1.54, 1.807) is 0 Å². The van der Waals surface area contributed by atoms with Crippen molar-refractivity contribution in [2.45, 2.75) is 102 Å². The number of carbonyl (C=O) groups is 2. The van der Waals surface area contributed by atoms with Crippen LogP contribution in [0.15, 0.2) is 0 Å². The molecule has 1 atom stereocenters. The van der Waals surface area contributed by atoms with Crippen molar-refractivity contribution < 1.29 is 14.7 Å². The van der Waals surface area contributed by atoms with Gasteiger partial charge in [0.25, 0.3) is 0 Å². The highest BCUT2D eigenvalue weighted by atomic mass is 16.3. The van der Waals surface area contributed by atoms with Gasteiger partial charge in [0.2, 0.25) is 11.8 Å². The Labute approximate surface area is 190 Å². The first-order valence-electron chi connectivity index (χ1n) is 12.6. The second kappa shape index (κ2) is 8.73. The largest absolute Gasteiger partial charge is 0.389 e. The maximum atomic E-state index is 13.3. The Hall–Kier alpha value is -2.02. The lowest BCUT2D eigenvalue weighted by Gasteiger charge is -2.39. The summed E-state index contributed by atoms with van der Waals surface area (Å²) in [6.07, 6.45) is 11.2. The van der Waals surface area contributed by atoms with Gasteiger partial charge >= 0.3 is 0 Å². The smallest absolute Gasteiger partial charge is 0.228 e. The summed E-state index contributed by atoms with van der Waals surface area (Å²) in [5.41, 5.74) is 1.15. The Bertz CT molecular complexity index is 891. The lowest BCUT2D eigenvalue weighted by molar-refractivity contribution is -0.142. The van der Waals surface area contributed by atoms with Crippen molar-refractivity contribution in [3.05, 3.63) is 17.1 Å². The minimum absolute atomic E-state index is 0.0176. The number of aliphatic hydroxyl groups is 1. The van der Waals surface area contributed by atoms with E-state index in [0.29, 0.717) is 44.0 Å². The molecule has 7 nitrogen and oxygen atoms in total. The van der Waals surface area contributed by atoms with Gasteiger partial charge in [-0.15, -0.1) is 0 Å². The molecule has 0 radical (unpaired) electrons. The summed E-state index contributed by atoms with van der Waals surface area (Å²) in [5.74, 6) is 2.21. The van der Waals surface area contributed by atoms with Gasteiger partial charge in [0.15, 0.2) is 5.82 Å². The fraction of sp³-hybridized carbons (Fsp3) is 0.760. The van der Waals surface area contributed by atoms with Crippen LogP contribution in [-0.4, -0.2) is 50.5 Å². The molecule has 174 valence electrons. The average Bonchev–Trinajstić information content (AvgIpc) is 3.60. The van der Waals surface area contributed by atoms with Crippen LogP contribution in [0.5, 0.6) is 0 Å². The van der Waals surface area contributed by atoms with Crippen molar-refractivity contribution in [3.63, 3.8) is 0 Å². The van der Waals surface area contributed by atoms with Crippen molar-refractivity contribution in [3.8, 4) is 0 Å². The van der Waals surface area contributed by atoms with Crippen LogP contribution in [0.4, 0.5) is 5.82 Å². The van der Waals surface area contributed by atoms with Gasteiger partial charge in [-0.25, -0.2) is 9.97 Å². The van der Waals surface area contributed by atoms with Gasteiger partial charge in [0.05, 0.1) is 18.1 Å². The molecule has 1 N–H and O–H groups in total. The van der Waals surface area contributed by atoms with Crippen molar-refractivity contribution in [2.24, 2.45) is 5.92 Å². The SMILES string of the molecule is Cc1nc([C@@H]2CCCCN2C(=O)CC2(O)CCCCC2)nc2c1CCC(=O)N2CC1CC1. The third-order valence-corrected chi connectivity index (χ3v) is 7.88. The van der Waals surface area contributed by atoms with Crippen molar-refractivity contribution in [1.29, 1.82) is 0 Å². The number of aryl methyl sites for hydroxylation is 1. The second-order valence-corrected chi connectivity index (χ2v) is 10.5. The number of piperidine rings is 1. The van der Waals surface area contributed by atoms with Gasteiger partial charge in [-0.1, -0.05) is 19.3 Å². The van der Waals surface area contributed by atoms with Gasteiger partial charge < -0.3 is 10.0 Å². The highest BCUT2D eigenvalue weighted by Crippen LogP contribution is 2.38. The van der Waals surface area contributed by atoms with E-state index < -0.39 is 5.60 Å². The highest BCUT2D eigenvalue weighted by Gasteiger charge is 2.38. The van der Waals surface area contributed by atoms with E-state index in [9.17, 15) is 14.7 Å². The number of hydrogen-bond donors (Lipinski definition) is 1. The van der Waals surface area contributed by atoms with Crippen LogP contribution in [0.3, 0.4) is 0 Å². The number of fused-ring (bicyclic) bond motifs is 1. The third kappa shape index (κ3) is 4.41. The summed E-state index contributed by atoms with van der Waals surface area (Å²) in [6, 6.07) is -0.174. The minimum atomic E-state index is -0.864. The molecule has 0 bridgehead atoms. The molecule has 1 aromatic heterocycles. The van der Waals surface area contributed by atoms with Crippen molar-refractivity contribution in [1.82, 2.24) is 14.9 Å². The molecule has 0 spiro atoms. The molecule has 2 aliphatic carbocycles. The summed E-state index contributed by atoms with van der Waals surface area (Å²) in [4.78, 5) is 39.7. The number of anilines is 1. The van der Waals surface area contributed by atoms with Gasteiger partial charge in [0.1, 0.15) is 5.82 Å². The fourth-order valence-corrected chi connectivity index (χ4v) is 5.77. The van der Waals surface area contributed by atoms with Crippen LogP contribution in [0.2, 0.25) is 0 Å². The maximum Gasteiger partial charge on any atom is 0.228 e. The minimum Gasteiger partial charge on any atom is -0.389 e. The van der Waals surface area contributed by atoms with E-state index in [1.807, 2.05) is 16.7 Å². The number of aromatic nitrogens is 2. The summed E-state index contributed by atoms with van der Waals surface area (Å²) >= 11 is 0. The maximum absolute atomic E-state index is 13.3. The quantitative estimate of drug-likeness (QED) is 0.756. The highest BCUT2D eigenvalue weighted by molar-refractivity contribution is 5.95. The Morgan fingerprint density at radius 3 is 2.59 bits per heavy atom. The average molecular weight is 441 g/mol. The van der Waals surface area contributed by atoms with Crippen LogP contribution in [0, 0.1) is 12.8 Å². The second-order valence-electron chi connectivity index (χ2n) is 10.5. The third-order valence-electron chi connectivity index (χ3n) is 7.88. The van der Waals surface area contributed by atoms with Crippen LogP contribution in [0.25, 0.3) is 0 Å². The number of likely N-dealkylation sites (tertiary alicyclic amines) is 1. The van der Waals surface area contributed by atoms with E-state index >= 15 is 0 Å². The monoisotopic (exact) mass is 440 g/mol. The molecule has 0 unspecified atom stereocenters. The molecule has 5 rings (SSSR count). The standard InChI is InChI=1S/C25H36N4O3/c1-17-19-10-11-21(30)29(16-18-8-9-18)24(19)27-23(26-17)20-7-3-6-14-28(20)22(31)15-25(32)12-4-2-5-13-25/h18,20,32H,2-16H2,1H3/t20-/m0/s1. The lowest BCUT2D eigenvalue weighted by Crippen LogP contribution is -2.45. The Morgan fingerprint density at radius 2 is 1.84 bits per heavy atom. The lowest BCUT2D eigenvalue weighted by atomic mass is 9.82. The van der Waals surface area contributed by atoms with E-state index in [0.717, 1.165) is 62.1 Å². The Balaban J connectivity index is 1.42. The first-order chi connectivity index (χ1) is 15.4. The van der Waals surface area contributed by atoms with E-state index in [1.165, 1.54) is 12.8 Å². The van der Waals surface area contributed by atoms with Crippen LogP contribution in [-0.2, 0) is 16.0 Å². The predicted molar refractivity (Wildman–Crippen MR) is 121 cm³/mol. The molecule has 1 aromatic rings. The van der Waals surface area contributed by atoms with E-state index in [4.69, 9.17) is 9.97 Å². The Morgan fingerprint density at radius 1 is 1.06 bits per heavy atom. The number of hydrogen-bond acceptors (Lipinski definition) is 5. The zero-order chi connectivity index (χ0) is 22.3. The summed E-state index contributed by atoms with van der Waals surface area (Å²) in [6.45, 7) is 3.45. The fourth-order valence-electron chi connectivity index (χ4n) is 5.77. The molecule has 32 heavy (non-hydrogen) atoms. The topological polar surface area (TPSA) is 86.6 Å². The molecule has 4 aliphatic rings. The number of carbonyl (C=O) groups excluding carboxylic acids is 2. The molecule has 1 saturated heterocycles. The molecule has 2 saturated carbocycles. The molecular formula is C25H36N4O3. The van der Waals surface area contributed by atoms with Crippen LogP contribution in [0.1, 0.15) is 100 Å². The molecule has 2 aliphatic heterocycles. The van der Waals surface area contributed by atoms with Gasteiger partial charge in [0, 0.05) is 30.8 Å². The summed E-state index contributed by atoms with van der Waals surface area (Å²) < 4.78 is 0. The summed E-state index contributed by atoms with van der Waals surface area (Å²) in [5, 5.41) is 11.0. The predicted octanol–water partition coefficient (Wildman–Crippen LogP) is 3.61. The summed E-state index contributed by atoms with van der Waals surface area (Å²) in [7, 11) is 0. The molecule has 2 amide bonds. The van der Waals surface area contributed by atoms with Crippen molar-refractivity contribution in [2.75, 3.05) is 18.0 Å². The molecule has 3 heterocycles. The van der Waals surface area contributed by atoms with Crippen LogP contribution >= 0.6 is 0 Å². The zero-order valence-corrected chi connectivity index (χ0v) is 19.3. The van der Waals surface area contributed by atoms with Crippen molar-refractivity contribution >= 4 is 17.6 Å². The number of amides is 2. The first kappa shape index (κ1) is 21.8. The van der Waals surface area contributed by atoms with E-state index in [2.05, 4.69) is 0 Å². The van der Waals surface area contributed by atoms with Gasteiger partial charge in [-0.2, -0.15) is 0 Å². The van der Waals surface area contributed by atoms with Crippen LogP contribution < -0.4 is 4.90 Å². The molecule has 7 heteroatoms. The number of rotatable bonds is 5. The molecular weight excluding hydrogens is 404 g/mol. The van der Waals surface area contributed by atoms with E-state index in [-0.39, 0.29) is 24.3 Å². The van der Waals surface area contributed by atoms with Gasteiger partial charge in [-0.05, 0) is 64.2 Å². The normalized spacial score (nSPS) is 25.6. The zero-order valence-electron chi connectivity index (χ0n) is 19.3. The Kier molecular flexibility index (Phi) is 5.95. The van der Waals surface area contributed by atoms with Gasteiger partial charge in [-0.3, -0.25) is 14.5 Å². The molecule has 0 aromatic carbocycles. The first-order valence-corrected chi connectivity index (χ1v) is 12.6. The molecule has 3 fully saturated rings. The number of nitrogens with zero attached hydrogens (tertiary/aromatic N) is 4.